The van der Waals surface area contributed by atoms with Crippen molar-refractivity contribution < 1.29 is 18.3 Å². The molecular formula is C18H19F2N3O2. The third-order valence-corrected chi connectivity index (χ3v) is 4.05. The summed E-state index contributed by atoms with van der Waals surface area (Å²) in [6, 6.07) is 6.70. The lowest BCUT2D eigenvalue weighted by atomic mass is 10.1. The number of nitrogens with one attached hydrogen (secondary N) is 1. The van der Waals surface area contributed by atoms with Crippen molar-refractivity contribution in [2.75, 3.05) is 19.6 Å². The zero-order valence-electron chi connectivity index (χ0n) is 13.6. The van der Waals surface area contributed by atoms with Crippen molar-refractivity contribution >= 4 is 6.03 Å². The van der Waals surface area contributed by atoms with E-state index in [4.69, 9.17) is 4.74 Å². The van der Waals surface area contributed by atoms with Crippen molar-refractivity contribution in [3.05, 3.63) is 59.9 Å². The molecule has 2 aromatic rings. The Bertz CT molecular complexity index is 728. The zero-order chi connectivity index (χ0) is 17.6. The number of hydrogen-bond donors (Lipinski definition) is 1. The smallest absolute Gasteiger partial charge is 0.317 e. The summed E-state index contributed by atoms with van der Waals surface area (Å²) in [6.07, 6.45) is 4.20. The fraction of sp³-hybridized carbons (Fsp3) is 0.333. The van der Waals surface area contributed by atoms with Gasteiger partial charge in [-0.1, -0.05) is 0 Å². The molecule has 0 aliphatic carbocycles. The first kappa shape index (κ1) is 17.1. The number of likely N-dealkylation sites (tertiary alicyclic amines) is 1. The zero-order valence-corrected chi connectivity index (χ0v) is 13.6. The summed E-state index contributed by atoms with van der Waals surface area (Å²) in [6.45, 7) is 1.31. The lowest BCUT2D eigenvalue weighted by Crippen LogP contribution is -2.40. The van der Waals surface area contributed by atoms with Crippen LogP contribution >= 0.6 is 0 Å². The molecule has 0 unspecified atom stereocenters. The predicted octanol–water partition coefficient (Wildman–Crippen LogP) is 2.77. The quantitative estimate of drug-likeness (QED) is 0.905. The van der Waals surface area contributed by atoms with Crippen LogP contribution in [-0.4, -0.2) is 41.7 Å². The highest BCUT2D eigenvalue weighted by Crippen LogP contribution is 2.17. The van der Waals surface area contributed by atoms with E-state index in [0.29, 0.717) is 18.8 Å². The Morgan fingerprint density at radius 2 is 2.24 bits per heavy atom. The molecule has 3 rings (SSSR count). The van der Waals surface area contributed by atoms with Gasteiger partial charge in [-0.25, -0.2) is 13.6 Å². The molecule has 1 aliphatic rings. The van der Waals surface area contributed by atoms with E-state index in [0.717, 1.165) is 24.6 Å². The SMILES string of the molecule is O=C(NCCc1cc(F)ccc1F)N1CC[C@@H](Oc2cccnc2)C1. The average molecular weight is 347 g/mol. The number of hydrogen-bond acceptors (Lipinski definition) is 3. The highest BCUT2D eigenvalue weighted by atomic mass is 19.1. The van der Waals surface area contributed by atoms with Crippen LogP contribution in [0, 0.1) is 11.6 Å². The summed E-state index contributed by atoms with van der Waals surface area (Å²) in [5.74, 6) is -0.282. The maximum atomic E-state index is 13.5. The fourth-order valence-corrected chi connectivity index (χ4v) is 2.77. The van der Waals surface area contributed by atoms with E-state index in [-0.39, 0.29) is 30.7 Å². The van der Waals surface area contributed by atoms with Crippen LogP contribution in [0.25, 0.3) is 0 Å². The molecular weight excluding hydrogens is 328 g/mol. The molecule has 132 valence electrons. The molecule has 1 aromatic carbocycles. The van der Waals surface area contributed by atoms with Gasteiger partial charge in [-0.2, -0.15) is 0 Å². The highest BCUT2D eigenvalue weighted by molar-refractivity contribution is 5.74. The minimum Gasteiger partial charge on any atom is -0.487 e. The summed E-state index contributed by atoms with van der Waals surface area (Å²) in [4.78, 5) is 17.8. The van der Waals surface area contributed by atoms with Gasteiger partial charge in [0.1, 0.15) is 23.5 Å². The van der Waals surface area contributed by atoms with Crippen molar-refractivity contribution in [3.8, 4) is 5.75 Å². The van der Waals surface area contributed by atoms with Crippen molar-refractivity contribution in [1.29, 1.82) is 0 Å². The normalized spacial score (nSPS) is 16.7. The second-order valence-electron chi connectivity index (χ2n) is 5.88. The van der Waals surface area contributed by atoms with Gasteiger partial charge in [0, 0.05) is 25.7 Å². The molecule has 1 saturated heterocycles. The van der Waals surface area contributed by atoms with E-state index in [1.807, 2.05) is 6.07 Å². The van der Waals surface area contributed by atoms with Crippen molar-refractivity contribution in [1.82, 2.24) is 15.2 Å². The van der Waals surface area contributed by atoms with E-state index in [9.17, 15) is 13.6 Å². The molecule has 0 saturated carbocycles. The van der Waals surface area contributed by atoms with Gasteiger partial charge in [0.15, 0.2) is 0 Å². The van der Waals surface area contributed by atoms with Gasteiger partial charge in [-0.15, -0.1) is 0 Å². The van der Waals surface area contributed by atoms with E-state index in [1.54, 1.807) is 23.4 Å². The molecule has 2 heterocycles. The van der Waals surface area contributed by atoms with Gasteiger partial charge in [-0.05, 0) is 42.3 Å². The number of halogens is 2. The van der Waals surface area contributed by atoms with Crippen molar-refractivity contribution in [2.45, 2.75) is 18.9 Å². The van der Waals surface area contributed by atoms with Gasteiger partial charge in [0.25, 0.3) is 0 Å². The number of pyridine rings is 1. The minimum atomic E-state index is -0.488. The van der Waals surface area contributed by atoms with Gasteiger partial charge >= 0.3 is 6.03 Å². The number of ether oxygens (including phenoxy) is 1. The minimum absolute atomic E-state index is 0.0735. The summed E-state index contributed by atoms with van der Waals surface area (Å²) >= 11 is 0. The third-order valence-electron chi connectivity index (χ3n) is 4.05. The molecule has 5 nitrogen and oxygen atoms in total. The van der Waals surface area contributed by atoms with Gasteiger partial charge < -0.3 is 15.0 Å². The number of carbonyl (C=O) groups excluding carboxylic acids is 1. The van der Waals surface area contributed by atoms with Crippen LogP contribution in [0.1, 0.15) is 12.0 Å². The number of aromatic nitrogens is 1. The largest absolute Gasteiger partial charge is 0.487 e. The molecule has 0 bridgehead atoms. The monoisotopic (exact) mass is 347 g/mol. The van der Waals surface area contributed by atoms with Crippen LogP contribution in [0.4, 0.5) is 13.6 Å². The van der Waals surface area contributed by atoms with E-state index < -0.39 is 11.6 Å². The number of amides is 2. The standard InChI is InChI=1S/C18H19F2N3O2/c19-14-3-4-17(20)13(10-14)5-8-22-18(24)23-9-6-16(12-23)25-15-2-1-7-21-11-15/h1-4,7,10-11,16H,5-6,8-9,12H2,(H,22,24)/t16-/m1/s1. The molecule has 1 N–H and O–H groups in total. The molecule has 1 fully saturated rings. The Balaban J connectivity index is 1.44. The molecule has 1 aromatic heterocycles. The number of carbonyl (C=O) groups is 1. The Morgan fingerprint density at radius 1 is 1.36 bits per heavy atom. The summed E-state index contributed by atoms with van der Waals surface area (Å²) in [5.41, 5.74) is 0.250. The third kappa shape index (κ3) is 4.65. The topological polar surface area (TPSA) is 54.5 Å². The van der Waals surface area contributed by atoms with E-state index in [1.165, 1.54) is 0 Å². The first-order valence-electron chi connectivity index (χ1n) is 8.15. The van der Waals surface area contributed by atoms with Crippen LogP contribution in [0.2, 0.25) is 0 Å². The van der Waals surface area contributed by atoms with Crippen molar-refractivity contribution in [3.63, 3.8) is 0 Å². The maximum absolute atomic E-state index is 13.5. The molecule has 7 heteroatoms. The Hall–Kier alpha value is -2.70. The lowest BCUT2D eigenvalue weighted by molar-refractivity contribution is 0.186. The highest BCUT2D eigenvalue weighted by Gasteiger charge is 2.27. The summed E-state index contributed by atoms with van der Waals surface area (Å²) in [7, 11) is 0. The van der Waals surface area contributed by atoms with Crippen molar-refractivity contribution in [2.24, 2.45) is 0 Å². The number of urea groups is 1. The van der Waals surface area contributed by atoms with Crippen LogP contribution in [0.15, 0.2) is 42.7 Å². The predicted molar refractivity (Wildman–Crippen MR) is 88.3 cm³/mol. The Morgan fingerprint density at radius 3 is 3.04 bits per heavy atom. The van der Waals surface area contributed by atoms with Crippen LogP contribution < -0.4 is 10.1 Å². The molecule has 2 amide bonds. The second-order valence-corrected chi connectivity index (χ2v) is 5.88. The fourth-order valence-electron chi connectivity index (χ4n) is 2.77. The Labute approximate surface area is 144 Å². The molecule has 1 atom stereocenters. The van der Waals surface area contributed by atoms with E-state index in [2.05, 4.69) is 10.3 Å². The van der Waals surface area contributed by atoms with Gasteiger partial charge in [0.2, 0.25) is 0 Å². The van der Waals surface area contributed by atoms with Crippen LogP contribution in [0.5, 0.6) is 5.75 Å². The average Bonchev–Trinajstić information content (AvgIpc) is 3.07. The molecule has 0 radical (unpaired) electrons. The summed E-state index contributed by atoms with van der Waals surface area (Å²) in [5, 5.41) is 2.73. The second kappa shape index (κ2) is 7.92. The van der Waals surface area contributed by atoms with Crippen LogP contribution in [-0.2, 0) is 6.42 Å². The number of nitrogens with zero attached hydrogens (tertiary/aromatic N) is 2. The molecule has 25 heavy (non-hydrogen) atoms. The maximum Gasteiger partial charge on any atom is 0.317 e. The summed E-state index contributed by atoms with van der Waals surface area (Å²) < 4.78 is 32.4. The number of rotatable bonds is 5. The Kier molecular flexibility index (Phi) is 5.42. The van der Waals surface area contributed by atoms with Crippen LogP contribution in [0.3, 0.4) is 0 Å². The molecule has 1 aliphatic heterocycles. The van der Waals surface area contributed by atoms with Gasteiger partial charge in [0.05, 0.1) is 12.7 Å². The first-order valence-corrected chi connectivity index (χ1v) is 8.15. The van der Waals surface area contributed by atoms with Gasteiger partial charge in [-0.3, -0.25) is 4.98 Å². The number of benzene rings is 1. The van der Waals surface area contributed by atoms with E-state index >= 15 is 0 Å². The molecule has 0 spiro atoms. The lowest BCUT2D eigenvalue weighted by Gasteiger charge is -2.18. The first-order chi connectivity index (χ1) is 12.1.